The van der Waals surface area contributed by atoms with Gasteiger partial charge in [-0.2, -0.15) is 0 Å². The quantitative estimate of drug-likeness (QED) is 0.511. The standard InChI is InChI=1S/C21H22N4O3/c1-27-18-8-10-19(11-9-18)28-14-13-22-17-7-12-20(23-15-17)25-21(26)24-16-5-3-2-4-6-16/h2-12,15,22H,13-14H2,1H3,(H2,23,24,25,26). The third-order valence-corrected chi connectivity index (χ3v) is 3.80. The first-order valence-electron chi connectivity index (χ1n) is 8.83. The number of nitrogens with one attached hydrogen (secondary N) is 3. The van der Waals surface area contributed by atoms with Crippen LogP contribution in [0.25, 0.3) is 0 Å². The number of rotatable bonds is 8. The number of ether oxygens (including phenoxy) is 2. The topological polar surface area (TPSA) is 84.5 Å². The zero-order chi connectivity index (χ0) is 19.6. The predicted molar refractivity (Wildman–Crippen MR) is 110 cm³/mol. The Balaban J connectivity index is 1.39. The van der Waals surface area contributed by atoms with Crippen LogP contribution in [0.15, 0.2) is 72.9 Å². The molecular formula is C21H22N4O3. The molecule has 0 saturated carbocycles. The minimum absolute atomic E-state index is 0.340. The third kappa shape index (κ3) is 5.91. The monoisotopic (exact) mass is 378 g/mol. The van der Waals surface area contributed by atoms with Crippen molar-refractivity contribution in [2.24, 2.45) is 0 Å². The van der Waals surface area contributed by atoms with Crippen molar-refractivity contribution in [1.82, 2.24) is 4.98 Å². The van der Waals surface area contributed by atoms with E-state index in [2.05, 4.69) is 20.9 Å². The number of para-hydroxylation sites is 1. The lowest BCUT2D eigenvalue weighted by atomic mass is 10.3. The lowest BCUT2D eigenvalue weighted by molar-refractivity contribution is 0.262. The molecule has 0 aliphatic rings. The number of benzene rings is 2. The molecule has 3 aromatic rings. The number of anilines is 3. The molecule has 1 heterocycles. The van der Waals surface area contributed by atoms with E-state index in [1.807, 2.05) is 60.7 Å². The summed E-state index contributed by atoms with van der Waals surface area (Å²) in [6, 6.07) is 19.9. The molecule has 0 fully saturated rings. The van der Waals surface area contributed by atoms with E-state index in [9.17, 15) is 4.79 Å². The van der Waals surface area contributed by atoms with Gasteiger partial charge in [0.1, 0.15) is 23.9 Å². The first kappa shape index (κ1) is 19.0. The molecule has 3 rings (SSSR count). The smallest absolute Gasteiger partial charge is 0.324 e. The molecule has 7 nitrogen and oxygen atoms in total. The fourth-order valence-electron chi connectivity index (χ4n) is 2.41. The summed E-state index contributed by atoms with van der Waals surface area (Å²) >= 11 is 0. The largest absolute Gasteiger partial charge is 0.497 e. The van der Waals surface area contributed by atoms with Gasteiger partial charge in [0.05, 0.1) is 19.0 Å². The molecule has 0 aliphatic heterocycles. The van der Waals surface area contributed by atoms with Gasteiger partial charge in [0.2, 0.25) is 0 Å². The highest BCUT2D eigenvalue weighted by Crippen LogP contribution is 2.17. The maximum atomic E-state index is 12.0. The number of carbonyl (C=O) groups excluding carboxylic acids is 1. The molecule has 3 N–H and O–H groups in total. The number of nitrogens with zero attached hydrogens (tertiary/aromatic N) is 1. The number of pyridine rings is 1. The van der Waals surface area contributed by atoms with Crippen molar-refractivity contribution in [3.05, 3.63) is 72.9 Å². The Morgan fingerprint density at radius 2 is 1.64 bits per heavy atom. The normalized spacial score (nSPS) is 10.0. The molecule has 0 atom stereocenters. The van der Waals surface area contributed by atoms with Crippen molar-refractivity contribution < 1.29 is 14.3 Å². The summed E-state index contributed by atoms with van der Waals surface area (Å²) in [6.45, 7) is 1.13. The Labute approximate surface area is 163 Å². The van der Waals surface area contributed by atoms with Crippen LogP contribution in [0.4, 0.5) is 22.0 Å². The number of aromatic nitrogens is 1. The number of carbonyl (C=O) groups is 1. The van der Waals surface area contributed by atoms with Crippen molar-refractivity contribution in [3.8, 4) is 11.5 Å². The van der Waals surface area contributed by atoms with Crippen LogP contribution >= 0.6 is 0 Å². The molecule has 28 heavy (non-hydrogen) atoms. The average Bonchev–Trinajstić information content (AvgIpc) is 2.73. The van der Waals surface area contributed by atoms with Crippen LogP contribution in [0.1, 0.15) is 0 Å². The number of amides is 2. The van der Waals surface area contributed by atoms with Gasteiger partial charge >= 0.3 is 6.03 Å². The highest BCUT2D eigenvalue weighted by Gasteiger charge is 2.03. The van der Waals surface area contributed by atoms with Gasteiger partial charge in [-0.25, -0.2) is 9.78 Å². The van der Waals surface area contributed by atoms with Crippen LogP contribution in [-0.2, 0) is 0 Å². The van der Waals surface area contributed by atoms with Crippen molar-refractivity contribution in [1.29, 1.82) is 0 Å². The molecule has 0 radical (unpaired) electrons. The molecule has 0 spiro atoms. The SMILES string of the molecule is COc1ccc(OCCNc2ccc(NC(=O)Nc3ccccc3)nc2)cc1. The lowest BCUT2D eigenvalue weighted by Crippen LogP contribution is -2.20. The average molecular weight is 378 g/mol. The predicted octanol–water partition coefficient (Wildman–Crippen LogP) is 4.23. The molecule has 2 aromatic carbocycles. The van der Waals surface area contributed by atoms with Gasteiger partial charge in [-0.15, -0.1) is 0 Å². The number of hydrogen-bond acceptors (Lipinski definition) is 5. The Bertz CT molecular complexity index is 868. The summed E-state index contributed by atoms with van der Waals surface area (Å²) < 4.78 is 10.8. The van der Waals surface area contributed by atoms with E-state index < -0.39 is 0 Å². The summed E-state index contributed by atoms with van der Waals surface area (Å²) in [5.74, 6) is 2.04. The van der Waals surface area contributed by atoms with Crippen LogP contribution in [-0.4, -0.2) is 31.3 Å². The van der Waals surface area contributed by atoms with Crippen molar-refractivity contribution >= 4 is 23.2 Å². The van der Waals surface area contributed by atoms with E-state index in [4.69, 9.17) is 9.47 Å². The molecule has 0 aliphatic carbocycles. The van der Waals surface area contributed by atoms with Gasteiger partial charge in [-0.3, -0.25) is 5.32 Å². The zero-order valence-electron chi connectivity index (χ0n) is 15.5. The second-order valence-corrected chi connectivity index (χ2v) is 5.83. The summed E-state index contributed by atoms with van der Waals surface area (Å²) in [6.07, 6.45) is 1.66. The molecule has 7 heteroatoms. The molecule has 0 unspecified atom stereocenters. The van der Waals surface area contributed by atoms with E-state index in [0.29, 0.717) is 19.0 Å². The molecule has 2 amide bonds. The number of urea groups is 1. The first-order chi connectivity index (χ1) is 13.7. The van der Waals surface area contributed by atoms with Crippen LogP contribution in [0, 0.1) is 0 Å². The van der Waals surface area contributed by atoms with E-state index in [1.54, 1.807) is 19.4 Å². The summed E-state index contributed by atoms with van der Waals surface area (Å²) in [4.78, 5) is 16.2. The van der Waals surface area contributed by atoms with E-state index in [-0.39, 0.29) is 6.03 Å². The molecule has 144 valence electrons. The zero-order valence-corrected chi connectivity index (χ0v) is 15.5. The third-order valence-electron chi connectivity index (χ3n) is 3.80. The van der Waals surface area contributed by atoms with Gasteiger partial charge in [-0.05, 0) is 48.5 Å². The highest BCUT2D eigenvalue weighted by atomic mass is 16.5. The fraction of sp³-hybridized carbons (Fsp3) is 0.143. The molecule has 0 saturated heterocycles. The van der Waals surface area contributed by atoms with Crippen molar-refractivity contribution in [3.63, 3.8) is 0 Å². The molecule has 0 bridgehead atoms. The second-order valence-electron chi connectivity index (χ2n) is 5.83. The van der Waals surface area contributed by atoms with E-state index in [0.717, 1.165) is 22.9 Å². The van der Waals surface area contributed by atoms with E-state index >= 15 is 0 Å². The fourth-order valence-corrected chi connectivity index (χ4v) is 2.41. The van der Waals surface area contributed by atoms with Crippen LogP contribution in [0.2, 0.25) is 0 Å². The minimum Gasteiger partial charge on any atom is -0.497 e. The summed E-state index contributed by atoms with van der Waals surface area (Å²) in [5.41, 5.74) is 1.56. The molecular weight excluding hydrogens is 356 g/mol. The van der Waals surface area contributed by atoms with Gasteiger partial charge in [0.15, 0.2) is 0 Å². The first-order valence-corrected chi connectivity index (χ1v) is 8.83. The maximum Gasteiger partial charge on any atom is 0.324 e. The van der Waals surface area contributed by atoms with E-state index in [1.165, 1.54) is 0 Å². The Hall–Kier alpha value is -3.74. The van der Waals surface area contributed by atoms with Crippen LogP contribution in [0.5, 0.6) is 11.5 Å². The summed E-state index contributed by atoms with van der Waals surface area (Å²) in [7, 11) is 1.63. The van der Waals surface area contributed by atoms with Gasteiger partial charge in [-0.1, -0.05) is 18.2 Å². The maximum absolute atomic E-state index is 12.0. The Morgan fingerprint density at radius 3 is 2.32 bits per heavy atom. The summed E-state index contributed by atoms with van der Waals surface area (Å²) in [5, 5.41) is 8.65. The molecule has 1 aromatic heterocycles. The lowest BCUT2D eigenvalue weighted by Gasteiger charge is -2.10. The van der Waals surface area contributed by atoms with Crippen LogP contribution < -0.4 is 25.4 Å². The minimum atomic E-state index is -0.340. The number of hydrogen-bond donors (Lipinski definition) is 3. The van der Waals surface area contributed by atoms with Crippen molar-refractivity contribution in [2.45, 2.75) is 0 Å². The number of methoxy groups -OCH3 is 1. The second kappa shape index (κ2) is 9.82. The van der Waals surface area contributed by atoms with Crippen LogP contribution in [0.3, 0.4) is 0 Å². The highest BCUT2D eigenvalue weighted by molar-refractivity contribution is 5.99. The van der Waals surface area contributed by atoms with Gasteiger partial charge in [0, 0.05) is 12.2 Å². The Kier molecular flexibility index (Phi) is 6.67. The van der Waals surface area contributed by atoms with Gasteiger partial charge < -0.3 is 20.1 Å². The van der Waals surface area contributed by atoms with Crippen molar-refractivity contribution in [2.75, 3.05) is 36.2 Å². The van der Waals surface area contributed by atoms with Gasteiger partial charge in [0.25, 0.3) is 0 Å². The Morgan fingerprint density at radius 1 is 0.893 bits per heavy atom.